The molecule has 2 rings (SSSR count). The monoisotopic (exact) mass is 516 g/mol. The number of sulfonamides is 1. The standard InChI is InChI=1S/C25H45N2O2S.BrH/c1-4-5-6-7-8-9-10-11-12-13-22-30(28,29)26-18-20-27(3,21-19-26)23-25-16-14-24(2)15-17-25;/h14-17H,4-13,18-23H2,1-3H3;1H/q+1;/p-1. The van der Waals surface area contributed by atoms with Gasteiger partial charge in [0, 0.05) is 5.56 Å². The second-order valence-electron chi connectivity index (χ2n) is 9.61. The minimum atomic E-state index is -3.10. The molecule has 0 spiro atoms. The summed E-state index contributed by atoms with van der Waals surface area (Å²) in [6, 6.07) is 8.73. The summed E-state index contributed by atoms with van der Waals surface area (Å²) in [6.07, 6.45) is 12.3. The van der Waals surface area contributed by atoms with Crippen LogP contribution in [0.2, 0.25) is 0 Å². The molecule has 0 amide bonds. The van der Waals surface area contributed by atoms with Crippen molar-refractivity contribution < 1.29 is 29.9 Å². The lowest BCUT2D eigenvalue weighted by atomic mass is 10.1. The van der Waals surface area contributed by atoms with Gasteiger partial charge in [-0.15, -0.1) is 0 Å². The van der Waals surface area contributed by atoms with Gasteiger partial charge in [-0.2, -0.15) is 4.31 Å². The van der Waals surface area contributed by atoms with Crippen molar-refractivity contribution in [3.05, 3.63) is 35.4 Å². The van der Waals surface area contributed by atoms with E-state index >= 15 is 0 Å². The maximum Gasteiger partial charge on any atom is 0.214 e. The number of quaternary nitrogens is 1. The van der Waals surface area contributed by atoms with E-state index in [4.69, 9.17) is 0 Å². The third-order valence-corrected chi connectivity index (χ3v) is 8.57. The number of benzene rings is 1. The fourth-order valence-corrected chi connectivity index (χ4v) is 5.95. The molecule has 31 heavy (non-hydrogen) atoms. The number of hydrogen-bond acceptors (Lipinski definition) is 2. The van der Waals surface area contributed by atoms with Crippen LogP contribution in [-0.2, 0) is 16.6 Å². The highest BCUT2D eigenvalue weighted by molar-refractivity contribution is 7.89. The normalized spacial score (nSPS) is 16.7. The van der Waals surface area contributed by atoms with E-state index in [0.29, 0.717) is 18.8 Å². The Morgan fingerprint density at radius 2 is 1.32 bits per heavy atom. The van der Waals surface area contributed by atoms with Gasteiger partial charge in [0.15, 0.2) is 0 Å². The molecule has 0 aliphatic carbocycles. The smallest absolute Gasteiger partial charge is 0.214 e. The number of nitrogens with zero attached hydrogens (tertiary/aromatic N) is 2. The maximum atomic E-state index is 12.7. The third kappa shape index (κ3) is 10.8. The lowest BCUT2D eigenvalue weighted by Crippen LogP contribution is -3.00. The molecule has 1 fully saturated rings. The Balaban J connectivity index is 0.00000480. The molecule has 0 N–H and O–H groups in total. The molecule has 1 aliphatic heterocycles. The third-order valence-electron chi connectivity index (χ3n) is 6.61. The summed E-state index contributed by atoms with van der Waals surface area (Å²) in [7, 11) is -0.840. The van der Waals surface area contributed by atoms with Crippen LogP contribution in [0.3, 0.4) is 0 Å². The first kappa shape index (κ1) is 28.6. The van der Waals surface area contributed by atoms with Crippen molar-refractivity contribution in [2.24, 2.45) is 0 Å². The summed E-state index contributed by atoms with van der Waals surface area (Å²) >= 11 is 0. The lowest BCUT2D eigenvalue weighted by molar-refractivity contribution is -0.925. The summed E-state index contributed by atoms with van der Waals surface area (Å²) in [5, 5.41) is 0. The molecule has 0 bridgehead atoms. The number of hydrogen-bond donors (Lipinski definition) is 0. The number of unbranched alkanes of at least 4 members (excludes halogenated alkanes) is 9. The van der Waals surface area contributed by atoms with E-state index in [1.165, 1.54) is 62.5 Å². The van der Waals surface area contributed by atoms with Gasteiger partial charge in [0.1, 0.15) is 6.54 Å². The van der Waals surface area contributed by atoms with Crippen LogP contribution in [0.15, 0.2) is 24.3 Å². The molecule has 1 aromatic rings. The van der Waals surface area contributed by atoms with E-state index in [1.807, 2.05) is 0 Å². The van der Waals surface area contributed by atoms with Gasteiger partial charge in [0.2, 0.25) is 10.0 Å². The van der Waals surface area contributed by atoms with Crippen LogP contribution in [0.5, 0.6) is 0 Å². The summed E-state index contributed by atoms with van der Waals surface area (Å²) in [5.74, 6) is 0.325. The van der Waals surface area contributed by atoms with Gasteiger partial charge in [0.05, 0.1) is 39.0 Å². The molecule has 4 nitrogen and oxygen atoms in total. The molecule has 1 saturated heterocycles. The van der Waals surface area contributed by atoms with Gasteiger partial charge >= 0.3 is 0 Å². The van der Waals surface area contributed by atoms with Gasteiger partial charge < -0.3 is 21.5 Å². The van der Waals surface area contributed by atoms with Crippen LogP contribution < -0.4 is 17.0 Å². The molecule has 0 saturated carbocycles. The van der Waals surface area contributed by atoms with Gasteiger partial charge in [-0.05, 0) is 13.3 Å². The zero-order chi connectivity index (χ0) is 21.9. The van der Waals surface area contributed by atoms with Crippen LogP contribution >= 0.6 is 0 Å². The number of rotatable bonds is 14. The zero-order valence-corrected chi connectivity index (χ0v) is 22.5. The fourth-order valence-electron chi connectivity index (χ4n) is 4.40. The quantitative estimate of drug-likeness (QED) is 0.281. The first-order valence-corrected chi connectivity index (χ1v) is 13.8. The highest BCUT2D eigenvalue weighted by Crippen LogP contribution is 2.19. The average Bonchev–Trinajstić information content (AvgIpc) is 2.71. The molecular weight excluding hydrogens is 472 g/mol. The summed E-state index contributed by atoms with van der Waals surface area (Å²) in [6.45, 7) is 8.44. The van der Waals surface area contributed by atoms with Crippen LogP contribution in [0.1, 0.15) is 82.3 Å². The molecule has 0 aromatic heterocycles. The van der Waals surface area contributed by atoms with Crippen LogP contribution in [0.25, 0.3) is 0 Å². The second-order valence-corrected chi connectivity index (χ2v) is 11.7. The van der Waals surface area contributed by atoms with Crippen LogP contribution in [0, 0.1) is 6.92 Å². The highest BCUT2D eigenvalue weighted by atomic mass is 79.9. The van der Waals surface area contributed by atoms with Gasteiger partial charge in [-0.3, -0.25) is 0 Å². The van der Waals surface area contributed by atoms with Crippen molar-refractivity contribution in [2.45, 2.75) is 84.6 Å². The van der Waals surface area contributed by atoms with Gasteiger partial charge in [0.25, 0.3) is 0 Å². The Hall–Kier alpha value is -0.430. The number of piperazine rings is 1. The molecule has 0 radical (unpaired) electrons. The van der Waals surface area contributed by atoms with E-state index in [9.17, 15) is 8.42 Å². The Labute approximate surface area is 202 Å². The topological polar surface area (TPSA) is 37.4 Å². The molecule has 6 heteroatoms. The van der Waals surface area contributed by atoms with Gasteiger partial charge in [-0.1, -0.05) is 94.5 Å². The van der Waals surface area contributed by atoms with Crippen LogP contribution in [-0.4, -0.2) is 56.2 Å². The van der Waals surface area contributed by atoms with Crippen molar-refractivity contribution in [1.29, 1.82) is 0 Å². The molecule has 1 aliphatic rings. The average molecular weight is 518 g/mol. The Morgan fingerprint density at radius 1 is 0.839 bits per heavy atom. The molecule has 1 aromatic carbocycles. The molecule has 0 unspecified atom stereocenters. The van der Waals surface area contributed by atoms with E-state index in [1.54, 1.807) is 4.31 Å². The first-order valence-electron chi connectivity index (χ1n) is 12.2. The molecule has 0 atom stereocenters. The number of likely N-dealkylation sites (N-methyl/N-ethyl adjacent to an activating group) is 1. The van der Waals surface area contributed by atoms with E-state index < -0.39 is 10.0 Å². The SMILES string of the molecule is CCCCCCCCCCCCS(=O)(=O)N1CC[N+](C)(Cc2ccc(C)cc2)CC1.[Br-]. The van der Waals surface area contributed by atoms with E-state index in [0.717, 1.165) is 37.0 Å². The van der Waals surface area contributed by atoms with Crippen molar-refractivity contribution in [3.8, 4) is 0 Å². The fraction of sp³-hybridized carbons (Fsp3) is 0.760. The molecule has 180 valence electrons. The first-order chi connectivity index (χ1) is 14.3. The maximum absolute atomic E-state index is 12.7. The molecular formula is C25H45BrN2O2S. The lowest BCUT2D eigenvalue weighted by Gasteiger charge is -2.41. The summed E-state index contributed by atoms with van der Waals surface area (Å²) in [5.41, 5.74) is 2.62. The summed E-state index contributed by atoms with van der Waals surface area (Å²) < 4.78 is 28.2. The number of aryl methyl sites for hydroxylation is 1. The van der Waals surface area contributed by atoms with Crippen LogP contribution in [0.4, 0.5) is 0 Å². The minimum Gasteiger partial charge on any atom is -1.00 e. The second kappa shape index (κ2) is 14.7. The Bertz CT molecular complexity index is 699. The largest absolute Gasteiger partial charge is 1.00 e. The van der Waals surface area contributed by atoms with E-state index in [-0.39, 0.29) is 17.0 Å². The highest BCUT2D eigenvalue weighted by Gasteiger charge is 2.34. The van der Waals surface area contributed by atoms with Crippen molar-refractivity contribution in [3.63, 3.8) is 0 Å². The van der Waals surface area contributed by atoms with Crippen molar-refractivity contribution in [1.82, 2.24) is 4.31 Å². The van der Waals surface area contributed by atoms with Gasteiger partial charge in [-0.25, -0.2) is 8.42 Å². The molecule has 1 heterocycles. The predicted molar refractivity (Wildman–Crippen MR) is 128 cm³/mol. The predicted octanol–water partition coefficient (Wildman–Crippen LogP) is 2.51. The van der Waals surface area contributed by atoms with E-state index in [2.05, 4.69) is 45.2 Å². The minimum absolute atomic E-state index is 0. The van der Waals surface area contributed by atoms with Crippen molar-refractivity contribution >= 4 is 10.0 Å². The zero-order valence-electron chi connectivity index (χ0n) is 20.1. The van der Waals surface area contributed by atoms with Crippen molar-refractivity contribution in [2.75, 3.05) is 39.0 Å². The Kier molecular flexibility index (Phi) is 13.5. The Morgan fingerprint density at radius 3 is 1.84 bits per heavy atom. The summed E-state index contributed by atoms with van der Waals surface area (Å²) in [4.78, 5) is 0. The number of halogens is 1.